The fourth-order valence-electron chi connectivity index (χ4n) is 3.14. The number of hydrogen-bond donors (Lipinski definition) is 1. The van der Waals surface area contributed by atoms with E-state index in [4.69, 9.17) is 0 Å². The zero-order chi connectivity index (χ0) is 22.7. The number of fused-ring (bicyclic) bond motifs is 1. The molecule has 0 spiro atoms. The maximum absolute atomic E-state index is 12.9. The molecule has 1 heterocycles. The zero-order valence-electron chi connectivity index (χ0n) is 17.5. The van der Waals surface area contributed by atoms with Gasteiger partial charge >= 0.3 is 0 Å². The molecule has 0 atom stereocenters. The number of nitrogens with zero attached hydrogens (tertiary/aromatic N) is 2. The first kappa shape index (κ1) is 22.5. The molecular formula is C23H21N3O3S3. The van der Waals surface area contributed by atoms with E-state index < -0.39 is 10.0 Å². The number of aromatic nitrogens is 1. The summed E-state index contributed by atoms with van der Waals surface area (Å²) in [6, 6.07) is 21.3. The first-order valence-corrected chi connectivity index (χ1v) is 13.2. The average molecular weight is 484 g/mol. The van der Waals surface area contributed by atoms with Crippen molar-refractivity contribution in [2.45, 2.75) is 16.3 Å². The molecule has 9 heteroatoms. The average Bonchev–Trinajstić information content (AvgIpc) is 3.21. The zero-order valence-corrected chi connectivity index (χ0v) is 19.9. The van der Waals surface area contributed by atoms with Crippen molar-refractivity contribution < 1.29 is 13.2 Å². The molecule has 3 aromatic carbocycles. The summed E-state index contributed by atoms with van der Waals surface area (Å²) in [6.45, 7) is 0.265. The first-order chi connectivity index (χ1) is 15.4. The summed E-state index contributed by atoms with van der Waals surface area (Å²) >= 11 is 3.05. The molecule has 6 nitrogen and oxygen atoms in total. The molecule has 0 unspecified atom stereocenters. The highest BCUT2D eigenvalue weighted by molar-refractivity contribution is 7.98. The fourth-order valence-corrected chi connectivity index (χ4v) is 5.71. The van der Waals surface area contributed by atoms with Gasteiger partial charge in [-0.2, -0.15) is 4.31 Å². The second-order valence-corrected chi connectivity index (χ2v) is 11.0. The summed E-state index contributed by atoms with van der Waals surface area (Å²) in [6.07, 6.45) is 2.01. The van der Waals surface area contributed by atoms with Gasteiger partial charge in [0.1, 0.15) is 0 Å². The summed E-state index contributed by atoms with van der Waals surface area (Å²) in [5.74, 6) is -0.337. The largest absolute Gasteiger partial charge is 0.298 e. The summed E-state index contributed by atoms with van der Waals surface area (Å²) in [7, 11) is -2.13. The Morgan fingerprint density at radius 1 is 1.06 bits per heavy atom. The lowest BCUT2D eigenvalue weighted by atomic mass is 10.2. The third kappa shape index (κ3) is 4.86. The Hall–Kier alpha value is -2.72. The molecule has 0 radical (unpaired) electrons. The predicted octanol–water partition coefficient (Wildman–Crippen LogP) is 5.09. The molecule has 0 aliphatic rings. The summed E-state index contributed by atoms with van der Waals surface area (Å²) in [4.78, 5) is 18.4. The first-order valence-electron chi connectivity index (χ1n) is 9.73. The molecule has 0 saturated carbocycles. The Labute approximate surface area is 195 Å². The monoisotopic (exact) mass is 483 g/mol. The lowest BCUT2D eigenvalue weighted by molar-refractivity contribution is 0.102. The SMILES string of the molecule is CSc1ccc2nc(NC(=O)c3ccc(S(=O)(=O)N(C)Cc4ccccc4)cc3)sc2c1. The van der Waals surface area contributed by atoms with Crippen molar-refractivity contribution in [1.82, 2.24) is 9.29 Å². The molecule has 0 aliphatic heterocycles. The van der Waals surface area contributed by atoms with Crippen LogP contribution in [0.3, 0.4) is 0 Å². The van der Waals surface area contributed by atoms with E-state index in [0.717, 1.165) is 20.7 Å². The number of benzene rings is 3. The topological polar surface area (TPSA) is 79.4 Å². The molecule has 32 heavy (non-hydrogen) atoms. The normalized spacial score (nSPS) is 11.7. The Bertz CT molecular complexity index is 1350. The van der Waals surface area contributed by atoms with E-state index in [9.17, 15) is 13.2 Å². The number of carbonyl (C=O) groups is 1. The fraction of sp³-hybridized carbons (Fsp3) is 0.130. The van der Waals surface area contributed by atoms with Crippen molar-refractivity contribution in [1.29, 1.82) is 0 Å². The molecule has 0 bridgehead atoms. The number of hydrogen-bond acceptors (Lipinski definition) is 6. The lowest BCUT2D eigenvalue weighted by Gasteiger charge is -2.17. The van der Waals surface area contributed by atoms with Gasteiger partial charge in [-0.1, -0.05) is 41.7 Å². The standard InChI is InChI=1S/C23H21N3O3S3/c1-26(15-16-6-4-3-5-7-16)32(28,29)19-11-8-17(9-12-19)22(27)25-23-24-20-13-10-18(30-2)14-21(20)31-23/h3-14H,15H2,1-2H3,(H,24,25,27). The number of rotatable bonds is 7. The second kappa shape index (κ2) is 9.41. The van der Waals surface area contributed by atoms with Gasteiger partial charge < -0.3 is 0 Å². The Morgan fingerprint density at radius 3 is 2.47 bits per heavy atom. The molecule has 164 valence electrons. The van der Waals surface area contributed by atoms with E-state index in [2.05, 4.69) is 10.3 Å². The van der Waals surface area contributed by atoms with Gasteiger partial charge in [0.25, 0.3) is 5.91 Å². The number of sulfonamides is 1. The maximum Gasteiger partial charge on any atom is 0.257 e. The van der Waals surface area contributed by atoms with E-state index in [-0.39, 0.29) is 17.3 Å². The van der Waals surface area contributed by atoms with Gasteiger partial charge in [0, 0.05) is 24.1 Å². The van der Waals surface area contributed by atoms with E-state index in [0.29, 0.717) is 10.7 Å². The Kier molecular flexibility index (Phi) is 6.61. The smallest absolute Gasteiger partial charge is 0.257 e. The van der Waals surface area contributed by atoms with Gasteiger partial charge in [0.05, 0.1) is 15.1 Å². The van der Waals surface area contributed by atoms with Gasteiger partial charge in [-0.05, 0) is 54.3 Å². The molecule has 0 fully saturated rings. The minimum absolute atomic E-state index is 0.136. The Morgan fingerprint density at radius 2 is 1.78 bits per heavy atom. The van der Waals surface area contributed by atoms with E-state index in [1.54, 1.807) is 18.8 Å². The van der Waals surface area contributed by atoms with Crippen LogP contribution in [0.25, 0.3) is 10.2 Å². The van der Waals surface area contributed by atoms with Crippen molar-refractivity contribution in [2.24, 2.45) is 0 Å². The molecule has 1 aromatic heterocycles. The van der Waals surface area contributed by atoms with Crippen molar-refractivity contribution in [2.75, 3.05) is 18.6 Å². The molecule has 4 rings (SSSR count). The molecular weight excluding hydrogens is 462 g/mol. The van der Waals surface area contributed by atoms with Crippen LogP contribution in [0.15, 0.2) is 82.6 Å². The van der Waals surface area contributed by atoms with Gasteiger partial charge in [-0.3, -0.25) is 10.1 Å². The number of amides is 1. The van der Waals surface area contributed by atoms with Crippen LogP contribution in [-0.4, -0.2) is 36.9 Å². The number of thioether (sulfide) groups is 1. The van der Waals surface area contributed by atoms with Crippen molar-refractivity contribution in [3.63, 3.8) is 0 Å². The maximum atomic E-state index is 12.9. The van der Waals surface area contributed by atoms with Gasteiger partial charge in [-0.15, -0.1) is 11.8 Å². The molecule has 1 amide bonds. The third-order valence-electron chi connectivity index (χ3n) is 4.89. The van der Waals surface area contributed by atoms with Gasteiger partial charge in [0.2, 0.25) is 10.0 Å². The highest BCUT2D eigenvalue weighted by Crippen LogP contribution is 2.29. The minimum atomic E-state index is -3.67. The summed E-state index contributed by atoms with van der Waals surface area (Å²) < 4.78 is 28.0. The van der Waals surface area contributed by atoms with Crippen LogP contribution in [0.5, 0.6) is 0 Å². The third-order valence-corrected chi connectivity index (χ3v) is 8.37. The van der Waals surface area contributed by atoms with Gasteiger partial charge in [0.15, 0.2) is 5.13 Å². The quantitative estimate of drug-likeness (QED) is 0.370. The minimum Gasteiger partial charge on any atom is -0.298 e. The van der Waals surface area contributed by atoms with Crippen LogP contribution < -0.4 is 5.32 Å². The van der Waals surface area contributed by atoms with Crippen LogP contribution in [0.4, 0.5) is 5.13 Å². The number of thiazole rings is 1. The van der Waals surface area contributed by atoms with Crippen LogP contribution in [0, 0.1) is 0 Å². The van der Waals surface area contributed by atoms with E-state index >= 15 is 0 Å². The van der Waals surface area contributed by atoms with Crippen molar-refractivity contribution >= 4 is 54.4 Å². The van der Waals surface area contributed by atoms with Gasteiger partial charge in [-0.25, -0.2) is 13.4 Å². The van der Waals surface area contributed by atoms with Crippen LogP contribution in [0.1, 0.15) is 15.9 Å². The predicted molar refractivity (Wildman–Crippen MR) is 131 cm³/mol. The van der Waals surface area contributed by atoms with Crippen LogP contribution in [0.2, 0.25) is 0 Å². The highest BCUT2D eigenvalue weighted by Gasteiger charge is 2.21. The number of carbonyl (C=O) groups excluding carboxylic acids is 1. The number of anilines is 1. The van der Waals surface area contributed by atoms with E-state index in [1.807, 2.05) is 54.8 Å². The van der Waals surface area contributed by atoms with Crippen LogP contribution >= 0.6 is 23.1 Å². The molecule has 1 N–H and O–H groups in total. The van der Waals surface area contributed by atoms with Crippen molar-refractivity contribution in [3.05, 3.63) is 83.9 Å². The molecule has 0 aliphatic carbocycles. The highest BCUT2D eigenvalue weighted by atomic mass is 32.2. The summed E-state index contributed by atoms with van der Waals surface area (Å²) in [5, 5.41) is 3.30. The van der Waals surface area contributed by atoms with Crippen molar-refractivity contribution in [3.8, 4) is 0 Å². The Balaban J connectivity index is 1.47. The molecule has 4 aromatic rings. The van der Waals surface area contributed by atoms with Crippen LogP contribution in [-0.2, 0) is 16.6 Å². The molecule has 0 saturated heterocycles. The van der Waals surface area contributed by atoms with E-state index in [1.165, 1.54) is 39.9 Å². The second-order valence-electron chi connectivity index (χ2n) is 7.08. The lowest BCUT2D eigenvalue weighted by Crippen LogP contribution is -2.26. The summed E-state index contributed by atoms with van der Waals surface area (Å²) in [5.41, 5.74) is 2.08. The number of nitrogens with one attached hydrogen (secondary N) is 1.